The first kappa shape index (κ1) is 16.4. The van der Waals surface area contributed by atoms with Crippen LogP contribution in [0.5, 0.6) is 0 Å². The molecule has 1 saturated heterocycles. The largest absolute Gasteiger partial charge is 0.381 e. The molecule has 1 fully saturated rings. The topological polar surface area (TPSA) is 73.6 Å². The van der Waals surface area contributed by atoms with Crippen molar-refractivity contribution < 1.29 is 14.3 Å². The smallest absolute Gasteiger partial charge is 0.237 e. The molecule has 0 bridgehead atoms. The predicted molar refractivity (Wildman–Crippen MR) is 74.8 cm³/mol. The van der Waals surface area contributed by atoms with Crippen LogP contribution in [0, 0.1) is 11.8 Å². The van der Waals surface area contributed by atoms with Gasteiger partial charge in [-0.2, -0.15) is 0 Å². The molecule has 112 valence electrons. The van der Waals surface area contributed by atoms with Gasteiger partial charge in [0.15, 0.2) is 0 Å². The number of nitrogens with one attached hydrogen (secondary N) is 1. The van der Waals surface area contributed by atoms with Gasteiger partial charge in [0.25, 0.3) is 0 Å². The van der Waals surface area contributed by atoms with Crippen LogP contribution in [0.2, 0.25) is 0 Å². The van der Waals surface area contributed by atoms with Crippen LogP contribution in [0.3, 0.4) is 0 Å². The highest BCUT2D eigenvalue weighted by molar-refractivity contribution is 5.81. The Kier molecular flexibility index (Phi) is 8.02. The number of rotatable bonds is 9. The fraction of sp³-hybridized carbons (Fsp3) is 0.929. The van der Waals surface area contributed by atoms with E-state index in [9.17, 15) is 4.79 Å². The Morgan fingerprint density at radius 1 is 1.58 bits per heavy atom. The molecule has 1 aliphatic rings. The normalized spacial score (nSPS) is 22.2. The van der Waals surface area contributed by atoms with E-state index in [4.69, 9.17) is 15.2 Å². The molecule has 0 aromatic carbocycles. The lowest BCUT2D eigenvalue weighted by molar-refractivity contribution is -0.123. The maximum atomic E-state index is 11.7. The molecule has 0 aromatic rings. The summed E-state index contributed by atoms with van der Waals surface area (Å²) in [5.41, 5.74) is 5.84. The summed E-state index contributed by atoms with van der Waals surface area (Å²) >= 11 is 0. The molecule has 0 radical (unpaired) electrons. The summed E-state index contributed by atoms with van der Waals surface area (Å²) in [6.45, 7) is 7.79. The Bertz CT molecular complexity index is 255. The minimum atomic E-state index is -0.401. The molecule has 3 unspecified atom stereocenters. The monoisotopic (exact) mass is 272 g/mol. The van der Waals surface area contributed by atoms with E-state index < -0.39 is 6.04 Å². The second-order valence-corrected chi connectivity index (χ2v) is 5.36. The zero-order chi connectivity index (χ0) is 14.1. The van der Waals surface area contributed by atoms with Crippen LogP contribution in [0.4, 0.5) is 0 Å². The molecule has 0 spiro atoms. The van der Waals surface area contributed by atoms with Crippen molar-refractivity contribution in [3.63, 3.8) is 0 Å². The van der Waals surface area contributed by atoms with Crippen LogP contribution in [-0.4, -0.2) is 44.9 Å². The van der Waals surface area contributed by atoms with E-state index in [0.717, 1.165) is 39.1 Å². The first-order valence-electron chi connectivity index (χ1n) is 7.34. The van der Waals surface area contributed by atoms with Crippen LogP contribution in [0.25, 0.3) is 0 Å². The van der Waals surface area contributed by atoms with Crippen LogP contribution in [0.15, 0.2) is 0 Å². The van der Waals surface area contributed by atoms with Gasteiger partial charge in [0.05, 0.1) is 19.3 Å². The molecule has 3 N–H and O–H groups in total. The Hall–Kier alpha value is -0.650. The van der Waals surface area contributed by atoms with E-state index in [1.165, 1.54) is 0 Å². The molecule has 5 heteroatoms. The number of amides is 1. The van der Waals surface area contributed by atoms with Crippen LogP contribution in [-0.2, 0) is 14.3 Å². The summed E-state index contributed by atoms with van der Waals surface area (Å²) in [7, 11) is 0. The average molecular weight is 272 g/mol. The van der Waals surface area contributed by atoms with Gasteiger partial charge in [-0.25, -0.2) is 0 Å². The van der Waals surface area contributed by atoms with Gasteiger partial charge in [0.1, 0.15) is 0 Å². The lowest BCUT2D eigenvalue weighted by Crippen LogP contribution is -2.45. The zero-order valence-corrected chi connectivity index (χ0v) is 12.2. The van der Waals surface area contributed by atoms with E-state index in [1.807, 2.05) is 13.8 Å². The standard InChI is InChI=1S/C14H28N2O3/c1-3-11(2)13(15)14(17)16-6-4-7-18-9-12-5-8-19-10-12/h11-13H,3-10,15H2,1-2H3,(H,16,17). The van der Waals surface area contributed by atoms with Gasteiger partial charge in [0, 0.05) is 25.7 Å². The van der Waals surface area contributed by atoms with Gasteiger partial charge in [-0.05, 0) is 18.8 Å². The first-order chi connectivity index (χ1) is 9.15. The molecule has 1 rings (SSSR count). The molecule has 5 nitrogen and oxygen atoms in total. The third-order valence-electron chi connectivity index (χ3n) is 3.70. The molecule has 1 amide bonds. The zero-order valence-electron chi connectivity index (χ0n) is 12.2. The van der Waals surface area contributed by atoms with Gasteiger partial charge in [-0.1, -0.05) is 20.3 Å². The van der Waals surface area contributed by atoms with Gasteiger partial charge >= 0.3 is 0 Å². The van der Waals surface area contributed by atoms with Gasteiger partial charge in [-0.15, -0.1) is 0 Å². The number of hydrogen-bond acceptors (Lipinski definition) is 4. The average Bonchev–Trinajstić information content (AvgIpc) is 2.93. The third kappa shape index (κ3) is 6.36. The van der Waals surface area contributed by atoms with E-state index >= 15 is 0 Å². The first-order valence-corrected chi connectivity index (χ1v) is 7.34. The molecule has 0 aliphatic carbocycles. The second-order valence-electron chi connectivity index (χ2n) is 5.36. The molecule has 0 saturated carbocycles. The molecule has 1 aliphatic heterocycles. The molecule has 1 heterocycles. The van der Waals surface area contributed by atoms with Crippen LogP contribution in [0.1, 0.15) is 33.1 Å². The Balaban J connectivity index is 1.96. The summed E-state index contributed by atoms with van der Waals surface area (Å²) < 4.78 is 10.8. The number of carbonyl (C=O) groups excluding carboxylic acids is 1. The number of carbonyl (C=O) groups is 1. The highest BCUT2D eigenvalue weighted by atomic mass is 16.5. The highest BCUT2D eigenvalue weighted by Gasteiger charge is 2.18. The van der Waals surface area contributed by atoms with Crippen LogP contribution < -0.4 is 11.1 Å². The molecule has 0 aromatic heterocycles. The van der Waals surface area contributed by atoms with Crippen LogP contribution >= 0.6 is 0 Å². The number of ether oxygens (including phenoxy) is 2. The van der Waals surface area contributed by atoms with E-state index in [-0.39, 0.29) is 11.8 Å². The number of hydrogen-bond donors (Lipinski definition) is 2. The minimum absolute atomic E-state index is 0.0569. The van der Waals surface area contributed by atoms with Crippen molar-refractivity contribution in [3.05, 3.63) is 0 Å². The molecule has 3 atom stereocenters. The molecular formula is C14H28N2O3. The van der Waals surface area contributed by atoms with Gasteiger partial charge in [0.2, 0.25) is 5.91 Å². The van der Waals surface area contributed by atoms with Crippen molar-refractivity contribution in [2.45, 2.75) is 39.2 Å². The van der Waals surface area contributed by atoms with E-state index in [2.05, 4.69) is 5.32 Å². The Morgan fingerprint density at radius 3 is 3.00 bits per heavy atom. The third-order valence-corrected chi connectivity index (χ3v) is 3.70. The SMILES string of the molecule is CCC(C)C(N)C(=O)NCCCOCC1CCOC1. The predicted octanol–water partition coefficient (Wildman–Crippen LogP) is 0.919. The maximum Gasteiger partial charge on any atom is 0.237 e. The summed E-state index contributed by atoms with van der Waals surface area (Å²) in [6, 6.07) is -0.401. The fourth-order valence-corrected chi connectivity index (χ4v) is 1.98. The fourth-order valence-electron chi connectivity index (χ4n) is 1.98. The minimum Gasteiger partial charge on any atom is -0.381 e. The van der Waals surface area contributed by atoms with Crippen molar-refractivity contribution in [1.82, 2.24) is 5.32 Å². The van der Waals surface area contributed by atoms with Crippen molar-refractivity contribution in [2.75, 3.05) is 33.0 Å². The Morgan fingerprint density at radius 2 is 2.37 bits per heavy atom. The second kappa shape index (κ2) is 9.28. The van der Waals surface area contributed by atoms with Crippen molar-refractivity contribution >= 4 is 5.91 Å². The van der Waals surface area contributed by atoms with Crippen molar-refractivity contribution in [1.29, 1.82) is 0 Å². The van der Waals surface area contributed by atoms with Crippen molar-refractivity contribution in [3.8, 4) is 0 Å². The molecular weight excluding hydrogens is 244 g/mol. The molecule has 19 heavy (non-hydrogen) atoms. The summed E-state index contributed by atoms with van der Waals surface area (Å²) in [6.07, 6.45) is 2.84. The maximum absolute atomic E-state index is 11.7. The Labute approximate surface area is 116 Å². The van der Waals surface area contributed by atoms with Crippen molar-refractivity contribution in [2.24, 2.45) is 17.6 Å². The quantitative estimate of drug-likeness (QED) is 0.612. The summed E-state index contributed by atoms with van der Waals surface area (Å²) in [5, 5.41) is 2.86. The highest BCUT2D eigenvalue weighted by Crippen LogP contribution is 2.12. The summed E-state index contributed by atoms with van der Waals surface area (Å²) in [4.78, 5) is 11.7. The lowest BCUT2D eigenvalue weighted by Gasteiger charge is -2.17. The van der Waals surface area contributed by atoms with Gasteiger partial charge < -0.3 is 20.5 Å². The lowest BCUT2D eigenvalue weighted by atomic mass is 9.99. The van der Waals surface area contributed by atoms with E-state index in [0.29, 0.717) is 19.1 Å². The number of nitrogens with two attached hydrogens (primary N) is 1. The van der Waals surface area contributed by atoms with Gasteiger partial charge in [-0.3, -0.25) is 4.79 Å². The summed E-state index contributed by atoms with van der Waals surface area (Å²) in [5.74, 6) is 0.713. The van der Waals surface area contributed by atoms with E-state index in [1.54, 1.807) is 0 Å².